The largest absolute Gasteiger partial charge is 0.494 e. The summed E-state index contributed by atoms with van der Waals surface area (Å²) in [4.78, 5) is 0. The molecule has 0 aliphatic carbocycles. The summed E-state index contributed by atoms with van der Waals surface area (Å²) >= 11 is 12.6. The molecule has 4 rings (SSSR count). The molecule has 1 unspecified atom stereocenters. The highest BCUT2D eigenvalue weighted by molar-refractivity contribution is 6.33. The number of fused-ring (bicyclic) bond motifs is 3. The van der Waals surface area contributed by atoms with Crippen molar-refractivity contribution in [3.05, 3.63) is 40.4 Å². The second-order valence-corrected chi connectivity index (χ2v) is 7.82. The number of halogens is 2. The Morgan fingerprint density at radius 2 is 2.00 bits per heavy atom. The summed E-state index contributed by atoms with van der Waals surface area (Å²) in [6, 6.07) is 9.70. The Morgan fingerprint density at radius 1 is 1.19 bits per heavy atom. The van der Waals surface area contributed by atoms with E-state index in [1.807, 2.05) is 30.3 Å². The Bertz CT molecular complexity index is 954. The van der Waals surface area contributed by atoms with Crippen molar-refractivity contribution in [1.82, 2.24) is 9.88 Å². The van der Waals surface area contributed by atoms with Gasteiger partial charge in [-0.25, -0.2) is 0 Å². The Balaban J connectivity index is 1.93. The SMILES string of the molecule is COc1cc(Cl)cc2c3cc(Cl)ccc3n(C[C@H]3CCCNCC3O)c12. The minimum Gasteiger partial charge on any atom is -0.494 e. The lowest BCUT2D eigenvalue weighted by Crippen LogP contribution is -2.31. The summed E-state index contributed by atoms with van der Waals surface area (Å²) < 4.78 is 7.88. The van der Waals surface area contributed by atoms with Crippen molar-refractivity contribution in [3.63, 3.8) is 0 Å². The lowest BCUT2D eigenvalue weighted by atomic mass is 9.98. The minimum atomic E-state index is -0.365. The van der Waals surface area contributed by atoms with Crippen LogP contribution >= 0.6 is 23.2 Å². The zero-order valence-corrected chi connectivity index (χ0v) is 16.1. The molecule has 1 aliphatic heterocycles. The molecular weight excluding hydrogens is 371 g/mol. The van der Waals surface area contributed by atoms with Crippen LogP contribution in [0.1, 0.15) is 12.8 Å². The van der Waals surface area contributed by atoms with Gasteiger partial charge in [-0.2, -0.15) is 0 Å². The molecule has 0 radical (unpaired) electrons. The molecular formula is C20H22Cl2N2O2. The second-order valence-electron chi connectivity index (χ2n) is 6.95. The Kier molecular flexibility index (Phi) is 5.02. The Labute approximate surface area is 162 Å². The van der Waals surface area contributed by atoms with Gasteiger partial charge >= 0.3 is 0 Å². The van der Waals surface area contributed by atoms with Crippen LogP contribution < -0.4 is 10.1 Å². The molecule has 6 heteroatoms. The van der Waals surface area contributed by atoms with Gasteiger partial charge in [-0.15, -0.1) is 0 Å². The maximum absolute atomic E-state index is 10.6. The Hall–Kier alpha value is -1.46. The first-order valence-electron chi connectivity index (χ1n) is 8.92. The van der Waals surface area contributed by atoms with Crippen molar-refractivity contribution in [2.45, 2.75) is 25.5 Å². The lowest BCUT2D eigenvalue weighted by molar-refractivity contribution is 0.102. The number of benzene rings is 2. The van der Waals surface area contributed by atoms with Gasteiger partial charge in [0, 0.05) is 51.4 Å². The average molecular weight is 393 g/mol. The van der Waals surface area contributed by atoms with Crippen LogP contribution in [0.3, 0.4) is 0 Å². The first-order valence-corrected chi connectivity index (χ1v) is 9.68. The molecule has 1 aliphatic rings. The third kappa shape index (κ3) is 3.16. The third-order valence-electron chi connectivity index (χ3n) is 5.31. The molecule has 2 heterocycles. The fourth-order valence-electron chi connectivity index (χ4n) is 4.03. The van der Waals surface area contributed by atoms with E-state index in [-0.39, 0.29) is 12.0 Å². The van der Waals surface area contributed by atoms with Gasteiger partial charge in [0.1, 0.15) is 5.75 Å². The number of aromatic nitrogens is 1. The second kappa shape index (κ2) is 7.28. The van der Waals surface area contributed by atoms with Crippen molar-refractivity contribution in [3.8, 4) is 5.75 Å². The summed E-state index contributed by atoms with van der Waals surface area (Å²) in [5, 5.41) is 17.2. The first kappa shape index (κ1) is 17.9. The summed E-state index contributed by atoms with van der Waals surface area (Å²) in [5.41, 5.74) is 2.08. The molecule has 2 atom stereocenters. The van der Waals surface area contributed by atoms with E-state index < -0.39 is 0 Å². The van der Waals surface area contributed by atoms with E-state index in [1.165, 1.54) is 0 Å². The number of β-amino-alcohol motifs (C(OH)–C–C–N with tert-alkyl or cyclic N) is 1. The summed E-state index contributed by atoms with van der Waals surface area (Å²) in [7, 11) is 1.66. The van der Waals surface area contributed by atoms with E-state index in [1.54, 1.807) is 7.11 Å². The topological polar surface area (TPSA) is 46.4 Å². The predicted molar refractivity (Wildman–Crippen MR) is 108 cm³/mol. The van der Waals surface area contributed by atoms with Crippen molar-refractivity contribution in [1.29, 1.82) is 0 Å². The zero-order chi connectivity index (χ0) is 18.3. The van der Waals surface area contributed by atoms with Crippen molar-refractivity contribution >= 4 is 45.0 Å². The van der Waals surface area contributed by atoms with Crippen LogP contribution in [0.4, 0.5) is 0 Å². The van der Waals surface area contributed by atoms with Crippen LogP contribution in [0.2, 0.25) is 10.0 Å². The third-order valence-corrected chi connectivity index (χ3v) is 5.77. The van der Waals surface area contributed by atoms with Crippen LogP contribution in [0, 0.1) is 5.92 Å². The van der Waals surface area contributed by atoms with Gasteiger partial charge in [0.2, 0.25) is 0 Å². The van der Waals surface area contributed by atoms with Crippen LogP contribution in [-0.2, 0) is 6.54 Å². The highest BCUT2D eigenvalue weighted by atomic mass is 35.5. The molecule has 4 nitrogen and oxygen atoms in total. The molecule has 26 heavy (non-hydrogen) atoms. The van der Waals surface area contributed by atoms with Gasteiger partial charge in [-0.3, -0.25) is 0 Å². The number of nitrogens with zero attached hydrogens (tertiary/aromatic N) is 1. The number of methoxy groups -OCH3 is 1. The Morgan fingerprint density at radius 3 is 2.81 bits per heavy atom. The van der Waals surface area contributed by atoms with Gasteiger partial charge in [0.05, 0.1) is 18.7 Å². The summed E-state index contributed by atoms with van der Waals surface area (Å²) in [6.45, 7) is 2.31. The van der Waals surface area contributed by atoms with Crippen molar-refractivity contribution in [2.75, 3.05) is 20.2 Å². The van der Waals surface area contributed by atoms with E-state index in [2.05, 4.69) is 9.88 Å². The molecule has 1 aromatic heterocycles. The highest BCUT2D eigenvalue weighted by Crippen LogP contribution is 2.39. The monoisotopic (exact) mass is 392 g/mol. The van der Waals surface area contributed by atoms with Gasteiger partial charge in [-0.05, 0) is 43.7 Å². The van der Waals surface area contributed by atoms with Gasteiger partial charge < -0.3 is 19.7 Å². The van der Waals surface area contributed by atoms with E-state index in [9.17, 15) is 5.11 Å². The maximum Gasteiger partial charge on any atom is 0.144 e. The number of rotatable bonds is 3. The molecule has 0 saturated carbocycles. The highest BCUT2D eigenvalue weighted by Gasteiger charge is 2.25. The molecule has 138 valence electrons. The van der Waals surface area contributed by atoms with Crippen LogP contribution in [-0.4, -0.2) is 36.0 Å². The number of hydrogen-bond donors (Lipinski definition) is 2. The number of nitrogens with one attached hydrogen (secondary N) is 1. The number of aliphatic hydroxyl groups is 1. The molecule has 2 N–H and O–H groups in total. The quantitative estimate of drug-likeness (QED) is 0.690. The van der Waals surface area contributed by atoms with Crippen LogP contribution in [0.5, 0.6) is 5.75 Å². The smallest absolute Gasteiger partial charge is 0.144 e. The standard InChI is InChI=1S/C20H22Cl2N2O2/c1-26-19-9-14(22)8-16-15-7-13(21)4-5-17(15)24(20(16)19)11-12-3-2-6-23-10-18(12)25/h4-5,7-9,12,18,23,25H,2-3,6,10-11H2,1H3/t12-,18?/m1/s1. The molecule has 0 spiro atoms. The van der Waals surface area contributed by atoms with Gasteiger partial charge in [0.15, 0.2) is 0 Å². The number of aliphatic hydroxyl groups excluding tert-OH is 1. The summed E-state index contributed by atoms with van der Waals surface area (Å²) in [5.74, 6) is 0.918. The van der Waals surface area contributed by atoms with Crippen LogP contribution in [0.15, 0.2) is 30.3 Å². The average Bonchev–Trinajstić information content (AvgIpc) is 2.76. The maximum atomic E-state index is 10.6. The molecule has 1 saturated heterocycles. The fourth-order valence-corrected chi connectivity index (χ4v) is 4.41. The van der Waals surface area contributed by atoms with Crippen molar-refractivity contribution < 1.29 is 9.84 Å². The molecule has 2 aromatic carbocycles. The summed E-state index contributed by atoms with van der Waals surface area (Å²) in [6.07, 6.45) is 1.68. The van der Waals surface area contributed by atoms with Gasteiger partial charge in [-0.1, -0.05) is 23.2 Å². The van der Waals surface area contributed by atoms with E-state index in [0.29, 0.717) is 16.6 Å². The van der Waals surface area contributed by atoms with Gasteiger partial charge in [0.25, 0.3) is 0 Å². The normalized spacial score (nSPS) is 21.2. The minimum absolute atomic E-state index is 0.180. The molecule has 0 amide bonds. The van der Waals surface area contributed by atoms with Crippen molar-refractivity contribution in [2.24, 2.45) is 5.92 Å². The first-order chi connectivity index (χ1) is 12.6. The number of ether oxygens (including phenoxy) is 1. The van der Waals surface area contributed by atoms with E-state index in [4.69, 9.17) is 27.9 Å². The molecule has 3 aromatic rings. The lowest BCUT2D eigenvalue weighted by Gasteiger charge is -2.22. The van der Waals surface area contributed by atoms with Crippen LogP contribution in [0.25, 0.3) is 21.8 Å². The molecule has 1 fully saturated rings. The number of hydrogen-bond acceptors (Lipinski definition) is 3. The predicted octanol–water partition coefficient (Wildman–Crippen LogP) is 4.47. The van der Waals surface area contributed by atoms with E-state index >= 15 is 0 Å². The van der Waals surface area contributed by atoms with E-state index in [0.717, 1.165) is 53.5 Å². The fraction of sp³-hybridized carbons (Fsp3) is 0.400. The zero-order valence-electron chi connectivity index (χ0n) is 14.6. The molecule has 0 bridgehead atoms.